The minimum absolute atomic E-state index is 0.00970. The maximum Gasteiger partial charge on any atom is 0.135 e. The zero-order valence-corrected chi connectivity index (χ0v) is 29.6. The van der Waals surface area contributed by atoms with Gasteiger partial charge in [-0.3, -0.25) is 0 Å². The van der Waals surface area contributed by atoms with Crippen LogP contribution in [0.3, 0.4) is 0 Å². The SMILES string of the molecule is c1ccc(-c2cc3ccc4ccccc4c3cc2-c2ccc3ccc4c(c3c2)C2(c3c-4ccc4oc5ccccc5c34)C3CC4CC(C3)CC2C4)cc1. The van der Waals surface area contributed by atoms with E-state index in [0.717, 1.165) is 23.0 Å². The third-order valence-corrected chi connectivity index (χ3v) is 14.4. The minimum atomic E-state index is -0.00970. The van der Waals surface area contributed by atoms with E-state index in [4.69, 9.17) is 4.42 Å². The monoisotopic (exact) mass is 678 g/mol. The zero-order valence-electron chi connectivity index (χ0n) is 29.6. The summed E-state index contributed by atoms with van der Waals surface area (Å²) in [6.45, 7) is 0. The van der Waals surface area contributed by atoms with Crippen molar-refractivity contribution in [1.29, 1.82) is 0 Å². The molecule has 1 heteroatoms. The molecule has 14 rings (SSSR count). The smallest absolute Gasteiger partial charge is 0.135 e. The molecule has 0 atom stereocenters. The van der Waals surface area contributed by atoms with Crippen LogP contribution in [-0.2, 0) is 5.41 Å². The predicted octanol–water partition coefficient (Wildman–Crippen LogP) is 14.1. The lowest BCUT2D eigenvalue weighted by Crippen LogP contribution is -2.55. The highest BCUT2D eigenvalue weighted by molar-refractivity contribution is 6.14. The van der Waals surface area contributed by atoms with Crippen molar-refractivity contribution in [3.05, 3.63) is 157 Å². The van der Waals surface area contributed by atoms with Crippen molar-refractivity contribution in [2.75, 3.05) is 0 Å². The van der Waals surface area contributed by atoms with Crippen LogP contribution in [0.5, 0.6) is 0 Å². The molecular weight excluding hydrogens is 641 g/mol. The third-order valence-electron chi connectivity index (χ3n) is 14.4. The molecule has 0 saturated heterocycles. The largest absolute Gasteiger partial charge is 0.456 e. The van der Waals surface area contributed by atoms with Crippen molar-refractivity contribution in [3.8, 4) is 33.4 Å². The van der Waals surface area contributed by atoms with Gasteiger partial charge in [0.15, 0.2) is 0 Å². The average molecular weight is 679 g/mol. The molecule has 4 saturated carbocycles. The Bertz CT molecular complexity index is 2990. The minimum Gasteiger partial charge on any atom is -0.456 e. The van der Waals surface area contributed by atoms with E-state index in [2.05, 4.69) is 146 Å². The normalized spacial score (nSPS) is 23.9. The van der Waals surface area contributed by atoms with Gasteiger partial charge in [0.2, 0.25) is 0 Å². The second kappa shape index (κ2) is 10.3. The van der Waals surface area contributed by atoms with E-state index in [1.807, 2.05) is 0 Å². The van der Waals surface area contributed by atoms with Crippen LogP contribution in [0, 0.1) is 23.7 Å². The standard InChI is InChI=1S/C52H38O/c1-2-8-32(9-3-1)43-27-35-16-14-33-10-4-5-11-39(33)44(35)29-45(43)36-17-15-34-18-19-40-41-20-21-48-49(42-12-6-7-13-47(42)53-48)51(41)52(50(40)46(34)28-36)37-23-30-22-31(25-37)26-38(52)24-30/h1-21,27-31,37-38H,22-26H2. The summed E-state index contributed by atoms with van der Waals surface area (Å²) in [5.74, 6) is 3.06. The van der Waals surface area contributed by atoms with Crippen molar-refractivity contribution in [2.24, 2.45) is 23.7 Å². The molecule has 5 aliphatic rings. The van der Waals surface area contributed by atoms with Crippen LogP contribution < -0.4 is 0 Å². The summed E-state index contributed by atoms with van der Waals surface area (Å²) < 4.78 is 6.65. The number of benzene rings is 8. The van der Waals surface area contributed by atoms with Gasteiger partial charge in [0.25, 0.3) is 0 Å². The van der Waals surface area contributed by atoms with Gasteiger partial charge >= 0.3 is 0 Å². The van der Waals surface area contributed by atoms with Gasteiger partial charge in [-0.2, -0.15) is 0 Å². The van der Waals surface area contributed by atoms with E-state index in [1.165, 1.54) is 109 Å². The Balaban J connectivity index is 1.13. The number of rotatable bonds is 2. The molecule has 9 aromatic rings. The van der Waals surface area contributed by atoms with Crippen molar-refractivity contribution in [2.45, 2.75) is 37.5 Å². The quantitative estimate of drug-likeness (QED) is 0.166. The summed E-state index contributed by atoms with van der Waals surface area (Å²) in [6, 6.07) is 55.1. The average Bonchev–Trinajstić information content (AvgIpc) is 3.73. The molecule has 0 unspecified atom stereocenters. The summed E-state index contributed by atoms with van der Waals surface area (Å²) in [6.07, 6.45) is 6.85. The molecule has 4 bridgehead atoms. The first-order valence-electron chi connectivity index (χ1n) is 19.8. The van der Waals surface area contributed by atoms with E-state index < -0.39 is 0 Å². The molecule has 1 heterocycles. The molecular formula is C52H38O. The summed E-state index contributed by atoms with van der Waals surface area (Å²) in [5, 5.41) is 10.7. The summed E-state index contributed by atoms with van der Waals surface area (Å²) in [7, 11) is 0. The van der Waals surface area contributed by atoms with Gasteiger partial charge in [0.05, 0.1) is 0 Å². The van der Waals surface area contributed by atoms with Gasteiger partial charge in [-0.1, -0.05) is 115 Å². The van der Waals surface area contributed by atoms with Crippen LogP contribution in [0.4, 0.5) is 0 Å². The van der Waals surface area contributed by atoms with Crippen molar-refractivity contribution in [3.63, 3.8) is 0 Å². The Morgan fingerprint density at radius 2 is 1.04 bits per heavy atom. The van der Waals surface area contributed by atoms with Gasteiger partial charge in [-0.05, 0) is 163 Å². The van der Waals surface area contributed by atoms with E-state index >= 15 is 0 Å². The zero-order chi connectivity index (χ0) is 34.4. The molecule has 1 aromatic heterocycles. The Hall–Kier alpha value is -5.66. The molecule has 8 aromatic carbocycles. The maximum atomic E-state index is 6.65. The van der Waals surface area contributed by atoms with Crippen molar-refractivity contribution < 1.29 is 4.42 Å². The molecule has 252 valence electrons. The van der Waals surface area contributed by atoms with Crippen LogP contribution in [0.15, 0.2) is 150 Å². The molecule has 53 heavy (non-hydrogen) atoms. The van der Waals surface area contributed by atoms with Gasteiger partial charge < -0.3 is 4.42 Å². The van der Waals surface area contributed by atoms with Gasteiger partial charge in [0, 0.05) is 16.2 Å². The van der Waals surface area contributed by atoms with Crippen LogP contribution in [-0.4, -0.2) is 0 Å². The number of hydrogen-bond acceptors (Lipinski definition) is 1. The first-order chi connectivity index (χ1) is 26.2. The highest BCUT2D eigenvalue weighted by Gasteiger charge is 2.62. The lowest BCUT2D eigenvalue weighted by molar-refractivity contribution is -0.0387. The maximum absolute atomic E-state index is 6.65. The molecule has 5 aliphatic carbocycles. The number of fused-ring (bicyclic) bond motifs is 12. The van der Waals surface area contributed by atoms with Gasteiger partial charge in [-0.15, -0.1) is 0 Å². The van der Waals surface area contributed by atoms with E-state index in [9.17, 15) is 0 Å². The Kier molecular flexibility index (Phi) is 5.59. The van der Waals surface area contributed by atoms with E-state index in [-0.39, 0.29) is 5.41 Å². The van der Waals surface area contributed by atoms with Gasteiger partial charge in [-0.25, -0.2) is 0 Å². The summed E-state index contributed by atoms with van der Waals surface area (Å²) >= 11 is 0. The molecule has 0 radical (unpaired) electrons. The predicted molar refractivity (Wildman–Crippen MR) is 220 cm³/mol. The highest BCUT2D eigenvalue weighted by atomic mass is 16.3. The number of furan rings is 1. The highest BCUT2D eigenvalue weighted by Crippen LogP contribution is 2.71. The van der Waals surface area contributed by atoms with Crippen LogP contribution in [0.25, 0.3) is 87.6 Å². The second-order valence-corrected chi connectivity index (χ2v) is 16.8. The Morgan fingerprint density at radius 3 is 1.89 bits per heavy atom. The summed E-state index contributed by atoms with van der Waals surface area (Å²) in [4.78, 5) is 0. The van der Waals surface area contributed by atoms with Crippen LogP contribution in [0.2, 0.25) is 0 Å². The molecule has 4 fully saturated rings. The Morgan fingerprint density at radius 1 is 0.396 bits per heavy atom. The lowest BCUT2D eigenvalue weighted by atomic mass is 9.42. The number of para-hydroxylation sites is 1. The van der Waals surface area contributed by atoms with E-state index in [1.54, 1.807) is 11.1 Å². The first-order valence-corrected chi connectivity index (χ1v) is 19.8. The Labute approximate surface area is 308 Å². The summed E-state index contributed by atoms with van der Waals surface area (Å²) in [5.41, 5.74) is 13.3. The van der Waals surface area contributed by atoms with Crippen molar-refractivity contribution in [1.82, 2.24) is 0 Å². The third kappa shape index (κ3) is 3.73. The topological polar surface area (TPSA) is 13.1 Å². The first kappa shape index (κ1) is 28.9. The molecule has 1 spiro atoms. The fraction of sp³-hybridized carbons (Fsp3) is 0.192. The van der Waals surface area contributed by atoms with Crippen LogP contribution >= 0.6 is 0 Å². The number of hydrogen-bond donors (Lipinski definition) is 0. The lowest BCUT2D eigenvalue weighted by Gasteiger charge is -2.61. The molecule has 1 nitrogen and oxygen atoms in total. The molecule has 0 N–H and O–H groups in total. The van der Waals surface area contributed by atoms with Gasteiger partial charge in [0.1, 0.15) is 11.2 Å². The fourth-order valence-electron chi connectivity index (χ4n) is 12.6. The molecule has 0 aliphatic heterocycles. The van der Waals surface area contributed by atoms with Crippen molar-refractivity contribution >= 4 is 54.3 Å². The molecule has 0 amide bonds. The second-order valence-electron chi connectivity index (χ2n) is 16.8. The van der Waals surface area contributed by atoms with E-state index in [0.29, 0.717) is 11.8 Å². The fourth-order valence-corrected chi connectivity index (χ4v) is 12.6. The van der Waals surface area contributed by atoms with Crippen LogP contribution in [0.1, 0.15) is 43.2 Å².